The Kier molecular flexibility index (Phi) is 9.26. The summed E-state index contributed by atoms with van der Waals surface area (Å²) in [5, 5.41) is 0. The summed E-state index contributed by atoms with van der Waals surface area (Å²) in [5.41, 5.74) is 8.45. The molecule has 0 bridgehead atoms. The van der Waals surface area contributed by atoms with E-state index in [0.717, 1.165) is 56.8 Å². The van der Waals surface area contributed by atoms with E-state index >= 15 is 0 Å². The Morgan fingerprint density at radius 1 is 0.833 bits per heavy atom. The molecule has 0 aliphatic carbocycles. The van der Waals surface area contributed by atoms with Gasteiger partial charge in [-0.25, -0.2) is 0 Å². The first-order chi connectivity index (χ1) is 17.6. The molecule has 4 rings (SSSR count). The van der Waals surface area contributed by atoms with Gasteiger partial charge in [-0.15, -0.1) is 0 Å². The number of piperidine rings is 1. The standard InChI is InChI=1S/C31H37N3OS/c1-4-34(5-2)31(35)28-13-11-25(12-14-28)30(26-15-17-29(18-16-26)32-36-3)27-19-21-33(22-20-27)23-24-9-7-6-8-10-24/h6-18,32H,4-5,19-23H2,1-3H3. The molecule has 0 unspecified atom stereocenters. The molecule has 0 saturated carbocycles. The molecule has 0 aromatic heterocycles. The molecule has 1 saturated heterocycles. The largest absolute Gasteiger partial charge is 0.339 e. The maximum Gasteiger partial charge on any atom is 0.253 e. The number of likely N-dealkylation sites (tertiary alicyclic amines) is 1. The van der Waals surface area contributed by atoms with Crippen LogP contribution in [0.2, 0.25) is 0 Å². The Morgan fingerprint density at radius 2 is 1.39 bits per heavy atom. The lowest BCUT2D eigenvalue weighted by atomic mass is 9.88. The van der Waals surface area contributed by atoms with Gasteiger partial charge in [0.1, 0.15) is 0 Å². The van der Waals surface area contributed by atoms with Gasteiger partial charge in [0.25, 0.3) is 5.91 Å². The third kappa shape index (κ3) is 6.40. The number of nitrogens with one attached hydrogen (secondary N) is 1. The summed E-state index contributed by atoms with van der Waals surface area (Å²) < 4.78 is 3.32. The fourth-order valence-corrected chi connectivity index (χ4v) is 5.32. The maximum absolute atomic E-state index is 12.8. The van der Waals surface area contributed by atoms with E-state index in [1.807, 2.05) is 37.1 Å². The first-order valence-corrected chi connectivity index (χ1v) is 14.1. The number of amides is 1. The molecule has 188 valence electrons. The molecule has 1 aliphatic heterocycles. The highest BCUT2D eigenvalue weighted by Gasteiger charge is 2.20. The van der Waals surface area contributed by atoms with Crippen LogP contribution in [0.15, 0.2) is 84.4 Å². The molecule has 0 radical (unpaired) electrons. The van der Waals surface area contributed by atoms with E-state index in [1.54, 1.807) is 11.9 Å². The quantitative estimate of drug-likeness (QED) is 0.323. The Bertz CT molecular complexity index is 1140. The fraction of sp³-hybridized carbons (Fsp3) is 0.323. The van der Waals surface area contributed by atoms with E-state index in [-0.39, 0.29) is 5.91 Å². The molecule has 1 amide bonds. The second kappa shape index (κ2) is 12.8. The van der Waals surface area contributed by atoms with Gasteiger partial charge in [-0.05, 0) is 73.2 Å². The number of benzene rings is 3. The van der Waals surface area contributed by atoms with Crippen LogP contribution in [0, 0.1) is 0 Å². The Morgan fingerprint density at radius 3 is 1.94 bits per heavy atom. The minimum Gasteiger partial charge on any atom is -0.339 e. The molecule has 0 atom stereocenters. The van der Waals surface area contributed by atoms with Crippen LogP contribution in [-0.4, -0.2) is 48.1 Å². The third-order valence-corrected chi connectivity index (χ3v) is 7.37. The second-order valence-corrected chi connectivity index (χ2v) is 9.79. The number of anilines is 1. The molecular formula is C31H37N3OS. The average molecular weight is 500 g/mol. The topological polar surface area (TPSA) is 35.6 Å². The number of rotatable bonds is 9. The van der Waals surface area contributed by atoms with E-state index in [4.69, 9.17) is 0 Å². The average Bonchev–Trinajstić information content (AvgIpc) is 2.92. The van der Waals surface area contributed by atoms with E-state index in [0.29, 0.717) is 0 Å². The lowest BCUT2D eigenvalue weighted by molar-refractivity contribution is 0.0773. The van der Waals surface area contributed by atoms with E-state index in [1.165, 1.54) is 27.8 Å². The molecule has 5 heteroatoms. The highest BCUT2D eigenvalue weighted by Crippen LogP contribution is 2.34. The number of nitrogens with zero attached hydrogens (tertiary/aromatic N) is 2. The predicted octanol–water partition coefficient (Wildman–Crippen LogP) is 6.96. The monoisotopic (exact) mass is 499 g/mol. The predicted molar refractivity (Wildman–Crippen MR) is 154 cm³/mol. The van der Waals surface area contributed by atoms with Gasteiger partial charge in [0.15, 0.2) is 0 Å². The van der Waals surface area contributed by atoms with Crippen molar-refractivity contribution in [2.75, 3.05) is 37.2 Å². The first kappa shape index (κ1) is 26.1. The molecule has 1 aliphatic rings. The van der Waals surface area contributed by atoms with Crippen molar-refractivity contribution in [2.24, 2.45) is 0 Å². The summed E-state index contributed by atoms with van der Waals surface area (Å²) in [6, 6.07) is 27.7. The van der Waals surface area contributed by atoms with Gasteiger partial charge in [0, 0.05) is 50.2 Å². The van der Waals surface area contributed by atoms with Crippen LogP contribution in [0.3, 0.4) is 0 Å². The molecule has 1 fully saturated rings. The summed E-state index contributed by atoms with van der Waals surface area (Å²) in [6.45, 7) is 8.61. The minimum absolute atomic E-state index is 0.0995. The highest BCUT2D eigenvalue weighted by molar-refractivity contribution is 7.99. The first-order valence-electron chi connectivity index (χ1n) is 12.9. The SMILES string of the molecule is CCN(CC)C(=O)c1ccc(C(=C2CCN(Cc3ccccc3)CC2)c2ccc(NSC)cc2)cc1. The summed E-state index contributed by atoms with van der Waals surface area (Å²) in [6.07, 6.45) is 4.13. The van der Waals surface area contributed by atoms with Gasteiger partial charge in [-0.1, -0.05) is 72.1 Å². The molecule has 3 aromatic carbocycles. The number of carbonyl (C=O) groups excluding carboxylic acids is 1. The van der Waals surface area contributed by atoms with E-state index < -0.39 is 0 Å². The van der Waals surface area contributed by atoms with Crippen molar-refractivity contribution in [1.82, 2.24) is 9.80 Å². The van der Waals surface area contributed by atoms with Gasteiger partial charge < -0.3 is 9.62 Å². The van der Waals surface area contributed by atoms with Crippen LogP contribution in [-0.2, 0) is 6.54 Å². The molecule has 1 heterocycles. The van der Waals surface area contributed by atoms with Crippen LogP contribution >= 0.6 is 11.9 Å². The highest BCUT2D eigenvalue weighted by atomic mass is 32.2. The zero-order chi connectivity index (χ0) is 25.3. The lowest BCUT2D eigenvalue weighted by Crippen LogP contribution is -2.30. The van der Waals surface area contributed by atoms with Crippen molar-refractivity contribution in [3.63, 3.8) is 0 Å². The number of hydrogen-bond acceptors (Lipinski definition) is 4. The zero-order valence-electron chi connectivity index (χ0n) is 21.7. The number of carbonyl (C=O) groups is 1. The second-order valence-electron chi connectivity index (χ2n) is 9.18. The van der Waals surface area contributed by atoms with Crippen molar-refractivity contribution in [1.29, 1.82) is 0 Å². The van der Waals surface area contributed by atoms with Crippen molar-refractivity contribution in [3.8, 4) is 0 Å². The molecule has 1 N–H and O–H groups in total. The number of hydrogen-bond donors (Lipinski definition) is 1. The summed E-state index contributed by atoms with van der Waals surface area (Å²) >= 11 is 1.60. The molecule has 36 heavy (non-hydrogen) atoms. The minimum atomic E-state index is 0.0995. The molecular weight excluding hydrogens is 462 g/mol. The Balaban J connectivity index is 1.61. The molecule has 0 spiro atoms. The Labute approximate surface area is 220 Å². The van der Waals surface area contributed by atoms with Crippen molar-refractivity contribution in [3.05, 3.63) is 107 Å². The van der Waals surface area contributed by atoms with Gasteiger partial charge in [0.2, 0.25) is 0 Å². The molecule has 3 aromatic rings. The summed E-state index contributed by atoms with van der Waals surface area (Å²) in [4.78, 5) is 17.3. The van der Waals surface area contributed by atoms with Crippen LogP contribution in [0.25, 0.3) is 5.57 Å². The van der Waals surface area contributed by atoms with Gasteiger partial charge in [-0.2, -0.15) is 0 Å². The lowest BCUT2D eigenvalue weighted by Gasteiger charge is -2.30. The van der Waals surface area contributed by atoms with Gasteiger partial charge in [-0.3, -0.25) is 9.69 Å². The van der Waals surface area contributed by atoms with Crippen molar-refractivity contribution >= 4 is 29.1 Å². The van der Waals surface area contributed by atoms with Crippen LogP contribution < -0.4 is 4.72 Å². The van der Waals surface area contributed by atoms with Crippen molar-refractivity contribution < 1.29 is 4.79 Å². The van der Waals surface area contributed by atoms with Crippen LogP contribution in [0.1, 0.15) is 53.7 Å². The van der Waals surface area contributed by atoms with E-state index in [2.05, 4.69) is 76.4 Å². The van der Waals surface area contributed by atoms with Gasteiger partial charge >= 0.3 is 0 Å². The normalized spacial score (nSPS) is 13.9. The summed E-state index contributed by atoms with van der Waals surface area (Å²) in [7, 11) is 0. The smallest absolute Gasteiger partial charge is 0.253 e. The fourth-order valence-electron chi connectivity index (χ4n) is 4.94. The van der Waals surface area contributed by atoms with Gasteiger partial charge in [0.05, 0.1) is 0 Å². The third-order valence-electron chi connectivity index (χ3n) is 6.93. The summed E-state index contributed by atoms with van der Waals surface area (Å²) in [5.74, 6) is 0.0995. The van der Waals surface area contributed by atoms with E-state index in [9.17, 15) is 4.79 Å². The van der Waals surface area contributed by atoms with Crippen LogP contribution in [0.5, 0.6) is 0 Å². The molecule has 4 nitrogen and oxygen atoms in total. The maximum atomic E-state index is 12.8. The zero-order valence-corrected chi connectivity index (χ0v) is 22.5. The van der Waals surface area contributed by atoms with Crippen molar-refractivity contribution in [2.45, 2.75) is 33.2 Å². The Hall–Kier alpha value is -3.02. The van der Waals surface area contributed by atoms with Crippen LogP contribution in [0.4, 0.5) is 5.69 Å².